The van der Waals surface area contributed by atoms with Crippen molar-refractivity contribution in [3.63, 3.8) is 0 Å². The summed E-state index contributed by atoms with van der Waals surface area (Å²) in [7, 11) is 0. The second kappa shape index (κ2) is 64.1. The average molecular weight is 1070 g/mol. The molecule has 0 aliphatic carbocycles. The van der Waals surface area contributed by atoms with Gasteiger partial charge in [0.1, 0.15) is 13.2 Å². The van der Waals surface area contributed by atoms with Gasteiger partial charge in [-0.05, 0) is 116 Å². The first-order valence-corrected chi connectivity index (χ1v) is 31.7. The van der Waals surface area contributed by atoms with Crippen LogP contribution in [0.3, 0.4) is 0 Å². The van der Waals surface area contributed by atoms with E-state index in [0.717, 1.165) is 141 Å². The third-order valence-electron chi connectivity index (χ3n) is 13.2. The Morgan fingerprint density at radius 2 is 0.506 bits per heavy atom. The molecular formula is C71H116O6. The topological polar surface area (TPSA) is 78.9 Å². The van der Waals surface area contributed by atoms with E-state index < -0.39 is 6.10 Å². The highest BCUT2D eigenvalue weighted by Gasteiger charge is 2.19. The van der Waals surface area contributed by atoms with Gasteiger partial charge in [0, 0.05) is 19.3 Å². The number of unbranched alkanes of at least 4 members (excludes halogenated alkanes) is 23. The molecule has 1 unspecified atom stereocenters. The van der Waals surface area contributed by atoms with Crippen LogP contribution < -0.4 is 0 Å². The van der Waals surface area contributed by atoms with E-state index in [-0.39, 0.29) is 31.1 Å². The molecule has 77 heavy (non-hydrogen) atoms. The minimum atomic E-state index is -0.793. The Morgan fingerprint density at radius 1 is 0.273 bits per heavy atom. The number of carbonyl (C=O) groups excluding carboxylic acids is 3. The van der Waals surface area contributed by atoms with Crippen LogP contribution in [0.5, 0.6) is 0 Å². The third-order valence-corrected chi connectivity index (χ3v) is 13.2. The number of carbonyl (C=O) groups is 3. The maximum absolute atomic E-state index is 12.8. The van der Waals surface area contributed by atoms with E-state index in [1.165, 1.54) is 96.3 Å². The maximum Gasteiger partial charge on any atom is 0.306 e. The highest BCUT2D eigenvalue weighted by molar-refractivity contribution is 5.71. The lowest BCUT2D eigenvalue weighted by Gasteiger charge is -2.18. The van der Waals surface area contributed by atoms with Gasteiger partial charge in [-0.25, -0.2) is 0 Å². The van der Waals surface area contributed by atoms with Crippen LogP contribution in [0, 0.1) is 0 Å². The quantitative estimate of drug-likeness (QED) is 0.0261. The Bertz CT molecular complexity index is 1650. The summed E-state index contributed by atoms with van der Waals surface area (Å²) in [6.07, 6.45) is 90.4. The van der Waals surface area contributed by atoms with Gasteiger partial charge in [0.25, 0.3) is 0 Å². The van der Waals surface area contributed by atoms with Crippen molar-refractivity contribution in [2.45, 2.75) is 284 Å². The molecule has 6 heteroatoms. The lowest BCUT2D eigenvalue weighted by atomic mass is 10.0. The Kier molecular flexibility index (Phi) is 60.4. The first-order chi connectivity index (χ1) is 38.0. The van der Waals surface area contributed by atoms with E-state index in [0.29, 0.717) is 19.3 Å². The molecule has 0 aliphatic rings. The fraction of sp³-hybridized carbons (Fsp3) is 0.648. The molecule has 0 aliphatic heterocycles. The number of allylic oxidation sites excluding steroid dienone is 22. The van der Waals surface area contributed by atoms with Gasteiger partial charge >= 0.3 is 17.9 Å². The average Bonchev–Trinajstić information content (AvgIpc) is 3.43. The molecule has 0 aromatic carbocycles. The van der Waals surface area contributed by atoms with Gasteiger partial charge in [-0.3, -0.25) is 14.4 Å². The second-order valence-corrected chi connectivity index (χ2v) is 20.6. The molecule has 0 N–H and O–H groups in total. The van der Waals surface area contributed by atoms with Gasteiger partial charge in [-0.2, -0.15) is 0 Å². The van der Waals surface area contributed by atoms with Gasteiger partial charge in [-0.15, -0.1) is 0 Å². The van der Waals surface area contributed by atoms with Crippen molar-refractivity contribution in [2.75, 3.05) is 13.2 Å². The molecule has 0 spiro atoms. The Hall–Kier alpha value is -4.45. The third kappa shape index (κ3) is 62.3. The van der Waals surface area contributed by atoms with E-state index in [9.17, 15) is 14.4 Å². The monoisotopic (exact) mass is 1060 g/mol. The van der Waals surface area contributed by atoms with Crippen molar-refractivity contribution in [1.29, 1.82) is 0 Å². The van der Waals surface area contributed by atoms with E-state index in [1.54, 1.807) is 0 Å². The molecule has 0 amide bonds. The highest BCUT2D eigenvalue weighted by atomic mass is 16.6. The fourth-order valence-corrected chi connectivity index (χ4v) is 8.47. The predicted octanol–water partition coefficient (Wildman–Crippen LogP) is 21.8. The summed E-state index contributed by atoms with van der Waals surface area (Å²) in [4.78, 5) is 38.1. The lowest BCUT2D eigenvalue weighted by Crippen LogP contribution is -2.30. The molecule has 0 heterocycles. The Morgan fingerprint density at radius 3 is 0.792 bits per heavy atom. The fourth-order valence-electron chi connectivity index (χ4n) is 8.47. The zero-order valence-corrected chi connectivity index (χ0v) is 49.9. The molecule has 0 rings (SSSR count). The Labute approximate surface area is 475 Å². The summed E-state index contributed by atoms with van der Waals surface area (Å²) in [5.41, 5.74) is 0. The number of ether oxygens (including phenoxy) is 3. The number of hydrogen-bond donors (Lipinski definition) is 0. The first kappa shape index (κ1) is 72.5. The minimum absolute atomic E-state index is 0.0895. The van der Waals surface area contributed by atoms with Crippen LogP contribution in [-0.2, 0) is 28.6 Å². The largest absolute Gasteiger partial charge is 0.462 e. The number of esters is 3. The van der Waals surface area contributed by atoms with Gasteiger partial charge in [0.05, 0.1) is 0 Å². The first-order valence-electron chi connectivity index (χ1n) is 31.7. The molecule has 0 aromatic rings. The SMILES string of the molecule is CC/C=C\C/C=C\C/C=C\C/C=C\C/C=C\C/C=C\C/C=C\CCCCCCCCCCCCCC(=O)OCC(COC(=O)CCCCCCCCCCC)OC(=O)CCCCCC/C=C\C/C=C\C/C=C\C/C=C\CC. The van der Waals surface area contributed by atoms with Crippen molar-refractivity contribution < 1.29 is 28.6 Å². The van der Waals surface area contributed by atoms with E-state index in [2.05, 4.69) is 154 Å². The molecule has 0 saturated carbocycles. The maximum atomic E-state index is 12.8. The van der Waals surface area contributed by atoms with Crippen LogP contribution in [0.2, 0.25) is 0 Å². The van der Waals surface area contributed by atoms with E-state index in [1.807, 2.05) is 0 Å². The molecular weight excluding hydrogens is 949 g/mol. The number of rotatable bonds is 56. The smallest absolute Gasteiger partial charge is 0.306 e. The summed E-state index contributed by atoms with van der Waals surface area (Å²) in [6.45, 7) is 6.37. The van der Waals surface area contributed by atoms with Gasteiger partial charge in [0.15, 0.2) is 6.10 Å². The van der Waals surface area contributed by atoms with E-state index in [4.69, 9.17) is 14.2 Å². The van der Waals surface area contributed by atoms with Gasteiger partial charge in [-0.1, -0.05) is 276 Å². The summed E-state index contributed by atoms with van der Waals surface area (Å²) in [5.74, 6) is -0.918. The lowest BCUT2D eigenvalue weighted by molar-refractivity contribution is -0.167. The minimum Gasteiger partial charge on any atom is -0.462 e. The van der Waals surface area contributed by atoms with Crippen LogP contribution >= 0.6 is 0 Å². The Balaban J connectivity index is 4.20. The molecule has 0 bridgehead atoms. The molecule has 6 nitrogen and oxygen atoms in total. The van der Waals surface area contributed by atoms with Gasteiger partial charge in [0.2, 0.25) is 0 Å². The molecule has 0 radical (unpaired) electrons. The van der Waals surface area contributed by atoms with Crippen molar-refractivity contribution in [2.24, 2.45) is 0 Å². The van der Waals surface area contributed by atoms with Crippen LogP contribution in [0.4, 0.5) is 0 Å². The van der Waals surface area contributed by atoms with Crippen molar-refractivity contribution in [3.8, 4) is 0 Å². The second-order valence-electron chi connectivity index (χ2n) is 20.6. The molecule has 1 atom stereocenters. The summed E-state index contributed by atoms with van der Waals surface area (Å²) >= 11 is 0. The van der Waals surface area contributed by atoms with E-state index >= 15 is 0 Å². The summed E-state index contributed by atoms with van der Waals surface area (Å²) < 4.78 is 16.8. The number of hydrogen-bond acceptors (Lipinski definition) is 6. The zero-order valence-electron chi connectivity index (χ0n) is 49.9. The van der Waals surface area contributed by atoms with Crippen molar-refractivity contribution in [1.82, 2.24) is 0 Å². The van der Waals surface area contributed by atoms with Crippen LogP contribution in [0.15, 0.2) is 134 Å². The van der Waals surface area contributed by atoms with Crippen LogP contribution in [0.1, 0.15) is 278 Å². The normalized spacial score (nSPS) is 13.0. The summed E-state index contributed by atoms with van der Waals surface area (Å²) in [6, 6.07) is 0. The summed E-state index contributed by atoms with van der Waals surface area (Å²) in [5, 5.41) is 0. The highest BCUT2D eigenvalue weighted by Crippen LogP contribution is 2.15. The van der Waals surface area contributed by atoms with Crippen LogP contribution in [0.25, 0.3) is 0 Å². The van der Waals surface area contributed by atoms with Gasteiger partial charge < -0.3 is 14.2 Å². The predicted molar refractivity (Wildman–Crippen MR) is 334 cm³/mol. The standard InChI is InChI=1S/C71H116O6/c1-4-7-10-13-16-19-21-23-25-27-28-29-30-31-32-33-34-35-36-37-38-39-40-41-42-44-45-47-49-52-55-58-61-64-70(73)76-67-68(66-75-69(72)63-60-57-54-51-18-15-12-9-6-3)77-71(74)65-62-59-56-53-50-48-46-43-26-24-22-20-17-14-11-8-5-2/h7-8,10-11,16-17,19-20,23-26,28-29,31-32,34-35,37-38,46,48,68H,4-6,9,12-15,18,21-22,27,30,33,36,39-45,47,49-67H2,1-3H3/b10-7-,11-8-,19-16-,20-17-,25-23-,26-24-,29-28-,32-31-,35-34-,38-37-,48-46-. The zero-order chi connectivity index (χ0) is 55.7. The molecule has 436 valence electrons. The van der Waals surface area contributed by atoms with Crippen molar-refractivity contribution >= 4 is 17.9 Å². The molecule has 0 fully saturated rings. The van der Waals surface area contributed by atoms with Crippen LogP contribution in [-0.4, -0.2) is 37.2 Å². The molecule has 0 aromatic heterocycles. The van der Waals surface area contributed by atoms with Crippen molar-refractivity contribution in [3.05, 3.63) is 134 Å². The molecule has 0 saturated heterocycles.